The maximum Gasteiger partial charge on any atom is 0.323 e. The number of carbonyl (C=O) groups excluding carboxylic acids is 1. The summed E-state index contributed by atoms with van der Waals surface area (Å²) in [6.45, 7) is 0.720. The lowest BCUT2D eigenvalue weighted by molar-refractivity contribution is -0.137. The molecule has 0 aliphatic heterocycles. The summed E-state index contributed by atoms with van der Waals surface area (Å²) in [6.07, 6.45) is 6.57. The standard InChI is InChI=1S/C14H20N2O4/c17-13(18)10-16-8-3-6-12(16)14(19)15-7-9-20-11-4-1-2-5-11/h3,6,8,11H,1-2,4-5,7,9-10H2,(H,15,19)(H,17,18). The molecule has 2 rings (SSSR count). The third kappa shape index (κ3) is 4.09. The fourth-order valence-electron chi connectivity index (χ4n) is 2.44. The molecule has 2 N–H and O–H groups in total. The quantitative estimate of drug-likeness (QED) is 0.737. The third-order valence-electron chi connectivity index (χ3n) is 3.41. The van der Waals surface area contributed by atoms with E-state index in [1.807, 2.05) is 0 Å². The number of carbonyl (C=O) groups is 2. The van der Waals surface area contributed by atoms with Gasteiger partial charge >= 0.3 is 5.97 Å². The van der Waals surface area contributed by atoms with Crippen molar-refractivity contribution >= 4 is 11.9 Å². The monoisotopic (exact) mass is 280 g/mol. The minimum atomic E-state index is -0.972. The Morgan fingerprint density at radius 2 is 2.15 bits per heavy atom. The van der Waals surface area contributed by atoms with Gasteiger partial charge in [-0.05, 0) is 25.0 Å². The van der Waals surface area contributed by atoms with Gasteiger partial charge in [0.25, 0.3) is 5.91 Å². The van der Waals surface area contributed by atoms with E-state index >= 15 is 0 Å². The molecule has 1 aromatic heterocycles. The van der Waals surface area contributed by atoms with E-state index in [0.717, 1.165) is 12.8 Å². The van der Waals surface area contributed by atoms with Crippen molar-refractivity contribution in [1.29, 1.82) is 0 Å². The molecule has 0 saturated heterocycles. The fourth-order valence-corrected chi connectivity index (χ4v) is 2.44. The van der Waals surface area contributed by atoms with E-state index in [1.165, 1.54) is 17.4 Å². The lowest BCUT2D eigenvalue weighted by Crippen LogP contribution is -2.30. The van der Waals surface area contributed by atoms with E-state index in [-0.39, 0.29) is 12.5 Å². The summed E-state index contributed by atoms with van der Waals surface area (Å²) in [5.41, 5.74) is 0.355. The molecule has 1 heterocycles. The number of amides is 1. The highest BCUT2D eigenvalue weighted by molar-refractivity contribution is 5.93. The van der Waals surface area contributed by atoms with Gasteiger partial charge in [-0.1, -0.05) is 12.8 Å². The number of nitrogens with zero attached hydrogens (tertiary/aromatic N) is 1. The number of hydrogen-bond acceptors (Lipinski definition) is 3. The van der Waals surface area contributed by atoms with Gasteiger partial charge in [-0.15, -0.1) is 0 Å². The van der Waals surface area contributed by atoms with Crippen molar-refractivity contribution in [2.45, 2.75) is 38.3 Å². The summed E-state index contributed by atoms with van der Waals surface area (Å²) < 4.78 is 7.06. The first-order valence-corrected chi connectivity index (χ1v) is 6.93. The van der Waals surface area contributed by atoms with Crippen LogP contribution in [0.3, 0.4) is 0 Å². The summed E-state index contributed by atoms with van der Waals surface area (Å²) in [5, 5.41) is 11.5. The zero-order valence-electron chi connectivity index (χ0n) is 11.4. The topological polar surface area (TPSA) is 80.6 Å². The molecule has 1 amide bonds. The second kappa shape index (κ2) is 7.09. The van der Waals surface area contributed by atoms with Gasteiger partial charge in [-0.3, -0.25) is 9.59 Å². The van der Waals surface area contributed by atoms with Gasteiger partial charge in [0.2, 0.25) is 0 Å². The maximum absolute atomic E-state index is 11.9. The van der Waals surface area contributed by atoms with Crippen molar-refractivity contribution in [3.05, 3.63) is 24.0 Å². The highest BCUT2D eigenvalue weighted by Crippen LogP contribution is 2.20. The Bertz CT molecular complexity index is 463. The van der Waals surface area contributed by atoms with Crippen molar-refractivity contribution < 1.29 is 19.4 Å². The van der Waals surface area contributed by atoms with Crippen molar-refractivity contribution in [2.75, 3.05) is 13.2 Å². The van der Waals surface area contributed by atoms with Crippen LogP contribution in [0.1, 0.15) is 36.2 Å². The zero-order chi connectivity index (χ0) is 14.4. The summed E-state index contributed by atoms with van der Waals surface area (Å²) in [6, 6.07) is 3.27. The molecule has 1 saturated carbocycles. The number of hydrogen-bond donors (Lipinski definition) is 2. The number of carboxylic acid groups (broad SMARTS) is 1. The first-order valence-electron chi connectivity index (χ1n) is 6.93. The molecule has 6 heteroatoms. The Kier molecular flexibility index (Phi) is 5.17. The summed E-state index contributed by atoms with van der Waals surface area (Å²) >= 11 is 0. The molecule has 1 aromatic rings. The second-order valence-corrected chi connectivity index (χ2v) is 4.95. The number of nitrogens with one attached hydrogen (secondary N) is 1. The van der Waals surface area contributed by atoms with Crippen LogP contribution in [0, 0.1) is 0 Å². The Balaban J connectivity index is 1.74. The average molecular weight is 280 g/mol. The first kappa shape index (κ1) is 14.6. The number of aliphatic carboxylic acids is 1. The van der Waals surface area contributed by atoms with Crippen molar-refractivity contribution in [1.82, 2.24) is 9.88 Å². The van der Waals surface area contributed by atoms with Gasteiger partial charge in [0.15, 0.2) is 0 Å². The molecule has 0 radical (unpaired) electrons. The first-order chi connectivity index (χ1) is 9.66. The number of rotatable bonds is 7. The number of carboxylic acids is 1. The van der Waals surface area contributed by atoms with Gasteiger partial charge < -0.3 is 19.7 Å². The molecule has 0 spiro atoms. The van der Waals surface area contributed by atoms with Crippen LogP contribution < -0.4 is 5.32 Å². The Morgan fingerprint density at radius 1 is 1.40 bits per heavy atom. The van der Waals surface area contributed by atoms with Crippen molar-refractivity contribution in [3.63, 3.8) is 0 Å². The van der Waals surface area contributed by atoms with E-state index in [4.69, 9.17) is 9.84 Å². The Hall–Kier alpha value is -1.82. The Labute approximate surface area is 117 Å². The maximum atomic E-state index is 11.9. The van der Waals surface area contributed by atoms with E-state index < -0.39 is 5.97 Å². The molecule has 1 aliphatic carbocycles. The smallest absolute Gasteiger partial charge is 0.323 e. The highest BCUT2D eigenvalue weighted by atomic mass is 16.5. The zero-order valence-corrected chi connectivity index (χ0v) is 11.4. The molecule has 0 unspecified atom stereocenters. The minimum absolute atomic E-state index is 0.214. The van der Waals surface area contributed by atoms with E-state index in [9.17, 15) is 9.59 Å². The van der Waals surface area contributed by atoms with Crippen LogP contribution in [-0.2, 0) is 16.1 Å². The normalized spacial score (nSPS) is 15.4. The lowest BCUT2D eigenvalue weighted by atomic mass is 10.3. The molecule has 0 bridgehead atoms. The van der Waals surface area contributed by atoms with Crippen LogP contribution in [0.25, 0.3) is 0 Å². The second-order valence-electron chi connectivity index (χ2n) is 4.95. The van der Waals surface area contributed by atoms with E-state index in [1.54, 1.807) is 18.3 Å². The highest BCUT2D eigenvalue weighted by Gasteiger charge is 2.15. The minimum Gasteiger partial charge on any atom is -0.480 e. The summed E-state index contributed by atoms with van der Waals surface area (Å²) in [4.78, 5) is 22.6. The predicted octanol–water partition coefficient (Wildman–Crippen LogP) is 1.26. The summed E-state index contributed by atoms with van der Waals surface area (Å²) in [7, 11) is 0. The van der Waals surface area contributed by atoms with Crippen LogP contribution in [0.2, 0.25) is 0 Å². The van der Waals surface area contributed by atoms with Crippen LogP contribution in [0.5, 0.6) is 0 Å². The van der Waals surface area contributed by atoms with Crippen LogP contribution in [0.4, 0.5) is 0 Å². The third-order valence-corrected chi connectivity index (χ3v) is 3.41. The molecule has 20 heavy (non-hydrogen) atoms. The molecule has 0 aromatic carbocycles. The van der Waals surface area contributed by atoms with Gasteiger partial charge in [0, 0.05) is 12.7 Å². The Morgan fingerprint density at radius 3 is 2.85 bits per heavy atom. The molecular weight excluding hydrogens is 260 g/mol. The van der Waals surface area contributed by atoms with Gasteiger partial charge in [0.1, 0.15) is 12.2 Å². The van der Waals surface area contributed by atoms with Gasteiger partial charge in [-0.25, -0.2) is 0 Å². The largest absolute Gasteiger partial charge is 0.480 e. The van der Waals surface area contributed by atoms with Crippen LogP contribution >= 0.6 is 0 Å². The van der Waals surface area contributed by atoms with Gasteiger partial charge in [-0.2, -0.15) is 0 Å². The van der Waals surface area contributed by atoms with Crippen molar-refractivity contribution in [2.24, 2.45) is 0 Å². The van der Waals surface area contributed by atoms with Crippen LogP contribution in [-0.4, -0.2) is 40.8 Å². The molecule has 1 aliphatic rings. The predicted molar refractivity (Wildman–Crippen MR) is 72.6 cm³/mol. The van der Waals surface area contributed by atoms with E-state index in [0.29, 0.717) is 24.9 Å². The molecule has 1 fully saturated rings. The lowest BCUT2D eigenvalue weighted by Gasteiger charge is -2.12. The molecule has 110 valence electrons. The van der Waals surface area contributed by atoms with Gasteiger partial charge in [0.05, 0.1) is 12.7 Å². The van der Waals surface area contributed by atoms with Crippen molar-refractivity contribution in [3.8, 4) is 0 Å². The number of aromatic nitrogens is 1. The molecular formula is C14H20N2O4. The number of ether oxygens (including phenoxy) is 1. The van der Waals surface area contributed by atoms with E-state index in [2.05, 4.69) is 5.32 Å². The fraction of sp³-hybridized carbons (Fsp3) is 0.571. The SMILES string of the molecule is O=C(O)Cn1cccc1C(=O)NCCOC1CCCC1. The average Bonchev–Trinajstić information content (AvgIpc) is 3.04. The van der Waals surface area contributed by atoms with Crippen LogP contribution in [0.15, 0.2) is 18.3 Å². The molecule has 0 atom stereocenters. The molecule has 6 nitrogen and oxygen atoms in total. The summed E-state index contributed by atoms with van der Waals surface area (Å²) in [5.74, 6) is -1.24.